The minimum absolute atomic E-state index is 0.887. The predicted molar refractivity (Wildman–Crippen MR) is 247 cm³/mol. The van der Waals surface area contributed by atoms with E-state index in [-0.39, 0.29) is 0 Å². The van der Waals surface area contributed by atoms with Gasteiger partial charge < -0.3 is 0 Å². The molecule has 0 fully saturated rings. The van der Waals surface area contributed by atoms with E-state index in [2.05, 4.69) is 191 Å². The van der Waals surface area contributed by atoms with Gasteiger partial charge in [-0.1, -0.05) is 103 Å². The van der Waals surface area contributed by atoms with Crippen LogP contribution in [0.5, 0.6) is 0 Å². The van der Waals surface area contributed by atoms with Gasteiger partial charge in [-0.25, -0.2) is 9.97 Å². The molecule has 58 heavy (non-hydrogen) atoms. The van der Waals surface area contributed by atoms with Crippen molar-refractivity contribution in [3.8, 4) is 34.2 Å². The third-order valence-corrected chi connectivity index (χ3v) is 14.0. The summed E-state index contributed by atoms with van der Waals surface area (Å²) in [4.78, 5) is 10.8. The van der Waals surface area contributed by atoms with E-state index in [4.69, 9.17) is 9.97 Å². The van der Waals surface area contributed by atoms with Gasteiger partial charge in [0, 0.05) is 73.0 Å². The SMILES string of the molecule is c1cc(-c2ccc3sc4ccccc4c3c2)nc(-n2c3ccccc3c3c2ccc2c4ccccc4n(-c4cccc(-c5ccc6sc7ccccc7c6c5)n4)c23)c1. The summed E-state index contributed by atoms with van der Waals surface area (Å²) < 4.78 is 9.90. The van der Waals surface area contributed by atoms with Crippen LogP contribution in [0, 0.1) is 0 Å². The van der Waals surface area contributed by atoms with Crippen LogP contribution >= 0.6 is 22.7 Å². The zero-order valence-electron chi connectivity index (χ0n) is 30.9. The van der Waals surface area contributed by atoms with Crippen LogP contribution in [-0.2, 0) is 0 Å². The van der Waals surface area contributed by atoms with E-state index in [1.807, 2.05) is 22.7 Å². The van der Waals surface area contributed by atoms with E-state index < -0.39 is 0 Å². The molecule has 6 heteroatoms. The molecular formula is C52H30N4S2. The first-order valence-corrected chi connectivity index (χ1v) is 21.1. The number of thiophene rings is 2. The summed E-state index contributed by atoms with van der Waals surface area (Å²) in [6, 6.07) is 65.7. The van der Waals surface area contributed by atoms with Gasteiger partial charge in [-0.3, -0.25) is 9.13 Å². The van der Waals surface area contributed by atoms with Crippen molar-refractivity contribution in [2.45, 2.75) is 0 Å². The third-order valence-electron chi connectivity index (χ3n) is 11.7. The number of rotatable bonds is 4. The van der Waals surface area contributed by atoms with Crippen LogP contribution in [-0.4, -0.2) is 19.1 Å². The molecule has 0 unspecified atom stereocenters. The highest BCUT2D eigenvalue weighted by Gasteiger charge is 2.22. The average molecular weight is 775 g/mol. The van der Waals surface area contributed by atoms with Crippen molar-refractivity contribution in [2.75, 3.05) is 0 Å². The van der Waals surface area contributed by atoms with Crippen molar-refractivity contribution in [3.05, 3.63) is 182 Å². The molecule has 0 N–H and O–H groups in total. The summed E-state index contributed by atoms with van der Waals surface area (Å²) in [5.74, 6) is 1.78. The Labute approximate surface area is 340 Å². The van der Waals surface area contributed by atoms with Gasteiger partial charge >= 0.3 is 0 Å². The van der Waals surface area contributed by atoms with Gasteiger partial charge in [-0.2, -0.15) is 0 Å². The number of aromatic nitrogens is 4. The lowest BCUT2D eigenvalue weighted by molar-refractivity contribution is 1.08. The fourth-order valence-electron chi connectivity index (χ4n) is 9.18. The van der Waals surface area contributed by atoms with Crippen molar-refractivity contribution in [1.82, 2.24) is 19.1 Å². The van der Waals surface area contributed by atoms with Crippen LogP contribution in [0.2, 0.25) is 0 Å². The Morgan fingerprint density at radius 2 is 0.828 bits per heavy atom. The minimum atomic E-state index is 0.887. The van der Waals surface area contributed by atoms with E-state index in [1.54, 1.807) is 0 Å². The third kappa shape index (κ3) is 4.61. The zero-order valence-corrected chi connectivity index (χ0v) is 32.6. The van der Waals surface area contributed by atoms with E-state index in [0.717, 1.165) is 56.2 Å². The van der Waals surface area contributed by atoms with Crippen LogP contribution < -0.4 is 0 Å². The molecule has 0 spiro atoms. The number of para-hydroxylation sites is 2. The molecule has 0 amide bonds. The second-order valence-corrected chi connectivity index (χ2v) is 17.1. The second-order valence-electron chi connectivity index (χ2n) is 14.9. The molecule has 0 radical (unpaired) electrons. The zero-order chi connectivity index (χ0) is 37.9. The lowest BCUT2D eigenvalue weighted by Gasteiger charge is -2.11. The van der Waals surface area contributed by atoms with Crippen LogP contribution in [0.4, 0.5) is 0 Å². The van der Waals surface area contributed by atoms with Crippen LogP contribution in [0.25, 0.3) is 118 Å². The molecule has 4 nitrogen and oxygen atoms in total. The number of hydrogen-bond donors (Lipinski definition) is 0. The van der Waals surface area contributed by atoms with Crippen molar-refractivity contribution in [2.24, 2.45) is 0 Å². The topological polar surface area (TPSA) is 35.6 Å². The summed E-state index contributed by atoms with van der Waals surface area (Å²) in [7, 11) is 0. The minimum Gasteiger partial charge on any atom is -0.294 e. The van der Waals surface area contributed by atoms with Gasteiger partial charge in [0.05, 0.1) is 33.5 Å². The first kappa shape index (κ1) is 32.0. The molecule has 6 heterocycles. The van der Waals surface area contributed by atoms with Gasteiger partial charge in [0.15, 0.2) is 0 Å². The van der Waals surface area contributed by atoms with Gasteiger partial charge in [0.25, 0.3) is 0 Å². The highest BCUT2D eigenvalue weighted by molar-refractivity contribution is 7.26. The summed E-state index contributed by atoms with van der Waals surface area (Å²) in [5.41, 5.74) is 8.61. The number of hydrogen-bond acceptors (Lipinski definition) is 4. The largest absolute Gasteiger partial charge is 0.294 e. The Morgan fingerprint density at radius 3 is 1.45 bits per heavy atom. The van der Waals surface area contributed by atoms with Crippen molar-refractivity contribution in [1.29, 1.82) is 0 Å². The molecule has 0 saturated carbocycles. The Hall–Kier alpha value is -7.12. The maximum Gasteiger partial charge on any atom is 0.138 e. The predicted octanol–water partition coefficient (Wildman–Crippen LogP) is 14.7. The van der Waals surface area contributed by atoms with Crippen LogP contribution in [0.3, 0.4) is 0 Å². The van der Waals surface area contributed by atoms with Gasteiger partial charge in [0.1, 0.15) is 11.6 Å². The molecule has 0 aliphatic rings. The Morgan fingerprint density at radius 1 is 0.328 bits per heavy atom. The summed E-state index contributed by atoms with van der Waals surface area (Å²) >= 11 is 3.68. The highest BCUT2D eigenvalue weighted by atomic mass is 32.1. The number of fused-ring (bicyclic) bond motifs is 13. The quantitative estimate of drug-likeness (QED) is 0.178. The molecule has 0 aliphatic heterocycles. The first-order chi connectivity index (χ1) is 28.7. The molecule has 0 atom stereocenters. The molecule has 0 bridgehead atoms. The standard InChI is InChI=1S/C52H30N4S2/c1-5-17-42-33(11-1)36-25-26-44-51(52(36)56(42)50-22-10-16-41(54-50)32-24-28-48-39(30-32)35-13-4-8-20-46(35)58-48)37-14-2-6-18-43(37)55(44)49-21-9-15-40(53-49)31-23-27-47-38(29-31)34-12-3-7-19-45(34)57-47/h1-30H. The fraction of sp³-hybridized carbons (Fsp3) is 0. The molecular weight excluding hydrogens is 745 g/mol. The number of pyridine rings is 2. The highest BCUT2D eigenvalue weighted by Crippen LogP contribution is 2.43. The van der Waals surface area contributed by atoms with Crippen molar-refractivity contribution < 1.29 is 0 Å². The molecule has 270 valence electrons. The Balaban J connectivity index is 1.03. The van der Waals surface area contributed by atoms with Crippen molar-refractivity contribution >= 4 is 107 Å². The normalized spacial score (nSPS) is 12.1. The molecule has 0 saturated heterocycles. The first-order valence-electron chi connectivity index (χ1n) is 19.5. The monoisotopic (exact) mass is 774 g/mol. The van der Waals surface area contributed by atoms with E-state index in [0.29, 0.717) is 0 Å². The smallest absolute Gasteiger partial charge is 0.138 e. The summed E-state index contributed by atoms with van der Waals surface area (Å²) in [5, 5.41) is 9.88. The molecule has 13 aromatic rings. The molecule has 13 rings (SSSR count). The van der Waals surface area contributed by atoms with Gasteiger partial charge in [0.2, 0.25) is 0 Å². The molecule has 0 aliphatic carbocycles. The maximum atomic E-state index is 5.44. The Bertz CT molecular complexity index is 3820. The Kier molecular flexibility index (Phi) is 6.73. The van der Waals surface area contributed by atoms with Crippen LogP contribution in [0.1, 0.15) is 0 Å². The van der Waals surface area contributed by atoms with Gasteiger partial charge in [-0.05, 0) is 78.9 Å². The second kappa shape index (κ2) is 12.2. The molecule has 6 aromatic heterocycles. The lowest BCUT2D eigenvalue weighted by atomic mass is 10.1. The van der Waals surface area contributed by atoms with E-state index >= 15 is 0 Å². The number of nitrogens with zero attached hydrogens (tertiary/aromatic N) is 4. The lowest BCUT2D eigenvalue weighted by Crippen LogP contribution is -2.00. The molecule has 7 aromatic carbocycles. The number of benzene rings is 7. The van der Waals surface area contributed by atoms with Gasteiger partial charge in [-0.15, -0.1) is 22.7 Å². The van der Waals surface area contributed by atoms with Crippen molar-refractivity contribution in [3.63, 3.8) is 0 Å². The summed E-state index contributed by atoms with van der Waals surface area (Å²) in [6.07, 6.45) is 0. The van der Waals surface area contributed by atoms with Crippen LogP contribution in [0.15, 0.2) is 182 Å². The van der Waals surface area contributed by atoms with E-state index in [9.17, 15) is 0 Å². The average Bonchev–Trinajstić information content (AvgIpc) is 4.03. The maximum absolute atomic E-state index is 5.44. The fourth-order valence-corrected chi connectivity index (χ4v) is 11.4. The summed E-state index contributed by atoms with van der Waals surface area (Å²) in [6.45, 7) is 0. The van der Waals surface area contributed by atoms with E-state index in [1.165, 1.54) is 61.9 Å².